The van der Waals surface area contributed by atoms with Crippen LogP contribution in [0.1, 0.15) is 5.56 Å². The van der Waals surface area contributed by atoms with Crippen LogP contribution in [0.2, 0.25) is 0 Å². The van der Waals surface area contributed by atoms with E-state index < -0.39 is 0 Å². The molecule has 0 unspecified atom stereocenters. The Hall–Kier alpha value is -6.31. The number of hydrogen-bond donors (Lipinski definition) is 0. The molecule has 45 heavy (non-hydrogen) atoms. The summed E-state index contributed by atoms with van der Waals surface area (Å²) < 4.78 is 15.7. The Morgan fingerprint density at radius 1 is 0.444 bits per heavy atom. The zero-order chi connectivity index (χ0) is 29.4. The van der Waals surface area contributed by atoms with Gasteiger partial charge in [-0.05, 0) is 76.5 Å². The number of aromatic nitrogens is 1. The lowest BCUT2D eigenvalue weighted by Gasteiger charge is -2.07. The minimum atomic E-state index is 0.670. The first kappa shape index (κ1) is 23.2. The molecule has 0 radical (unpaired) electrons. The van der Waals surface area contributed by atoms with E-state index in [9.17, 15) is 5.26 Å². The van der Waals surface area contributed by atoms with Crippen LogP contribution in [0.15, 0.2) is 130 Å². The number of nitriles is 1. The van der Waals surface area contributed by atoms with E-state index in [0.717, 1.165) is 87.6 Å². The molecule has 0 saturated heterocycles. The molecule has 4 heteroatoms. The summed E-state index contributed by atoms with van der Waals surface area (Å²) in [6.07, 6.45) is 0. The largest absolute Gasteiger partial charge is 0.454 e. The zero-order valence-corrected chi connectivity index (χ0v) is 23.8. The van der Waals surface area contributed by atoms with Gasteiger partial charge in [0.25, 0.3) is 0 Å². The standard InChI is InChI=1S/C41H20N2O2/c42-21-22-9-10-24-18-25(12-11-23(24)17-22)26-19-33-29-13-15-31-27-5-1-3-7-35(27)44-40(31)38(29)43-37(33)34(20-26)30-14-16-32-28-6-2-4-8-36(28)45-41(32)39(30)43/h1-20H. The van der Waals surface area contributed by atoms with Crippen molar-refractivity contribution in [2.24, 2.45) is 0 Å². The van der Waals surface area contributed by atoms with Gasteiger partial charge in [0.15, 0.2) is 11.2 Å². The molecular formula is C41H20N2O2. The average Bonchev–Trinajstić information content (AvgIpc) is 3.83. The van der Waals surface area contributed by atoms with E-state index in [4.69, 9.17) is 8.83 Å². The van der Waals surface area contributed by atoms with Crippen LogP contribution in [0.4, 0.5) is 0 Å². The van der Waals surface area contributed by atoms with Crippen LogP contribution in [0.25, 0.3) is 104 Å². The van der Waals surface area contributed by atoms with Crippen molar-refractivity contribution in [1.29, 1.82) is 5.26 Å². The molecule has 0 aliphatic carbocycles. The van der Waals surface area contributed by atoms with Crippen molar-refractivity contribution in [2.45, 2.75) is 0 Å². The Labute approximate surface area is 254 Å². The first-order chi connectivity index (χ1) is 22.2. The molecule has 0 aliphatic heterocycles. The van der Waals surface area contributed by atoms with Crippen molar-refractivity contribution in [1.82, 2.24) is 4.40 Å². The van der Waals surface area contributed by atoms with E-state index in [2.05, 4.69) is 89.3 Å². The third-order valence-electron chi connectivity index (χ3n) is 9.71. The zero-order valence-electron chi connectivity index (χ0n) is 23.8. The number of nitrogens with zero attached hydrogens (tertiary/aromatic N) is 2. The van der Waals surface area contributed by atoms with Crippen molar-refractivity contribution in [3.63, 3.8) is 0 Å². The van der Waals surface area contributed by atoms with Gasteiger partial charge in [0.1, 0.15) is 11.2 Å². The third kappa shape index (κ3) is 2.85. The molecule has 206 valence electrons. The average molecular weight is 573 g/mol. The molecule has 0 amide bonds. The van der Waals surface area contributed by atoms with Crippen molar-refractivity contribution in [2.75, 3.05) is 0 Å². The Morgan fingerprint density at radius 3 is 1.62 bits per heavy atom. The van der Waals surface area contributed by atoms with Crippen LogP contribution in [0.5, 0.6) is 0 Å². The van der Waals surface area contributed by atoms with E-state index >= 15 is 0 Å². The normalized spacial score (nSPS) is 12.4. The van der Waals surface area contributed by atoms with Gasteiger partial charge in [-0.2, -0.15) is 5.26 Å². The number of hydrogen-bond acceptors (Lipinski definition) is 3. The van der Waals surface area contributed by atoms with Crippen LogP contribution in [-0.4, -0.2) is 4.40 Å². The second kappa shape index (κ2) is 7.99. The highest BCUT2D eigenvalue weighted by Crippen LogP contribution is 2.47. The van der Waals surface area contributed by atoms with Gasteiger partial charge < -0.3 is 13.2 Å². The molecule has 0 saturated carbocycles. The van der Waals surface area contributed by atoms with Crippen LogP contribution in [0.3, 0.4) is 0 Å². The Balaban J connectivity index is 1.35. The highest BCUT2D eigenvalue weighted by Gasteiger charge is 2.25. The fraction of sp³-hybridized carbons (Fsp3) is 0. The first-order valence-corrected chi connectivity index (χ1v) is 15.1. The molecule has 0 spiro atoms. The van der Waals surface area contributed by atoms with E-state index in [1.54, 1.807) is 0 Å². The maximum Gasteiger partial charge on any atom is 0.160 e. The molecule has 11 rings (SSSR count). The van der Waals surface area contributed by atoms with Crippen LogP contribution in [0, 0.1) is 11.3 Å². The second-order valence-electron chi connectivity index (χ2n) is 12.0. The molecule has 0 atom stereocenters. The number of furan rings is 2. The second-order valence-corrected chi connectivity index (χ2v) is 12.0. The summed E-state index contributed by atoms with van der Waals surface area (Å²) in [4.78, 5) is 0. The molecule has 4 aromatic heterocycles. The maximum absolute atomic E-state index is 9.39. The van der Waals surface area contributed by atoms with E-state index in [1.807, 2.05) is 42.5 Å². The molecule has 4 heterocycles. The summed E-state index contributed by atoms with van der Waals surface area (Å²) in [5, 5.41) is 20.7. The quantitative estimate of drug-likeness (QED) is 0.197. The van der Waals surface area contributed by atoms with Gasteiger partial charge in [-0.15, -0.1) is 0 Å². The number of benzene rings is 7. The van der Waals surface area contributed by atoms with Gasteiger partial charge in [0.2, 0.25) is 0 Å². The van der Waals surface area contributed by atoms with E-state index in [1.165, 1.54) is 16.3 Å². The minimum Gasteiger partial charge on any atom is -0.454 e. The highest BCUT2D eigenvalue weighted by atomic mass is 16.3. The predicted octanol–water partition coefficient (Wildman–Crippen LogP) is 11.3. The summed E-state index contributed by atoms with van der Waals surface area (Å²) in [5.41, 5.74) is 9.78. The lowest BCUT2D eigenvalue weighted by Crippen LogP contribution is -1.82. The summed E-state index contributed by atoms with van der Waals surface area (Å²) in [6.45, 7) is 0. The SMILES string of the molecule is N#Cc1ccc2cc(-c3cc4c5ccc6c7ccccc7oc6c5n5c4c(c3)c3ccc4c6ccccc6oc4c35)ccc2c1. The molecule has 4 nitrogen and oxygen atoms in total. The number of para-hydroxylation sites is 2. The Morgan fingerprint density at radius 2 is 1.00 bits per heavy atom. The van der Waals surface area contributed by atoms with Gasteiger partial charge in [-0.25, -0.2) is 0 Å². The van der Waals surface area contributed by atoms with Crippen molar-refractivity contribution in [3.8, 4) is 17.2 Å². The lowest BCUT2D eigenvalue weighted by atomic mass is 9.96. The molecule has 0 aliphatic rings. The summed E-state index contributed by atoms with van der Waals surface area (Å²) in [5.74, 6) is 0. The molecule has 0 fully saturated rings. The number of fused-ring (bicyclic) bond motifs is 15. The van der Waals surface area contributed by atoms with Crippen molar-refractivity contribution >= 4 is 92.7 Å². The highest BCUT2D eigenvalue weighted by molar-refractivity contribution is 6.32. The fourth-order valence-electron chi connectivity index (χ4n) is 7.71. The molecular weight excluding hydrogens is 552 g/mol. The van der Waals surface area contributed by atoms with E-state index in [-0.39, 0.29) is 0 Å². The monoisotopic (exact) mass is 572 g/mol. The number of rotatable bonds is 1. The molecule has 0 N–H and O–H groups in total. The maximum atomic E-state index is 9.39. The van der Waals surface area contributed by atoms with Gasteiger partial charge in [0, 0.05) is 43.1 Å². The van der Waals surface area contributed by atoms with E-state index in [0.29, 0.717) is 5.56 Å². The van der Waals surface area contributed by atoms with Crippen LogP contribution < -0.4 is 0 Å². The third-order valence-corrected chi connectivity index (χ3v) is 9.71. The first-order valence-electron chi connectivity index (χ1n) is 15.1. The van der Waals surface area contributed by atoms with Crippen LogP contribution in [-0.2, 0) is 0 Å². The smallest absolute Gasteiger partial charge is 0.160 e. The Bertz CT molecular complexity index is 2950. The van der Waals surface area contributed by atoms with Crippen LogP contribution >= 0.6 is 0 Å². The molecule has 7 aromatic carbocycles. The van der Waals surface area contributed by atoms with Gasteiger partial charge in [0.05, 0.1) is 28.2 Å². The molecule has 0 bridgehead atoms. The van der Waals surface area contributed by atoms with Crippen molar-refractivity contribution < 1.29 is 8.83 Å². The fourth-order valence-corrected chi connectivity index (χ4v) is 7.71. The van der Waals surface area contributed by atoms with Gasteiger partial charge in [-0.1, -0.05) is 66.7 Å². The van der Waals surface area contributed by atoms with Gasteiger partial charge in [-0.3, -0.25) is 0 Å². The summed E-state index contributed by atoms with van der Waals surface area (Å²) >= 11 is 0. The predicted molar refractivity (Wildman–Crippen MR) is 183 cm³/mol. The lowest BCUT2D eigenvalue weighted by molar-refractivity contribution is 0.670. The summed E-state index contributed by atoms with van der Waals surface area (Å²) in [7, 11) is 0. The van der Waals surface area contributed by atoms with Gasteiger partial charge >= 0.3 is 0 Å². The Kier molecular flexibility index (Phi) is 4.12. The minimum absolute atomic E-state index is 0.670. The molecule has 11 aromatic rings. The topological polar surface area (TPSA) is 54.5 Å². The van der Waals surface area contributed by atoms with Crippen molar-refractivity contribution in [3.05, 3.63) is 127 Å². The summed E-state index contributed by atoms with van der Waals surface area (Å²) in [6, 6.07) is 44.7.